The van der Waals surface area contributed by atoms with E-state index < -0.39 is 22.1 Å². The standard InChI is InChI=1S/C9H10N2O5/c10-4-5-16-7-3-1-2-6(11(14)15)8(7)9(12)13/h1-3H,4-5,10H2,(H,12,13). The summed E-state index contributed by atoms with van der Waals surface area (Å²) in [6, 6.07) is 3.82. The van der Waals surface area contributed by atoms with Crippen molar-refractivity contribution in [2.75, 3.05) is 13.2 Å². The number of hydrogen-bond acceptors (Lipinski definition) is 5. The molecule has 1 aromatic carbocycles. The largest absolute Gasteiger partial charge is 0.491 e. The van der Waals surface area contributed by atoms with Crippen molar-refractivity contribution in [3.63, 3.8) is 0 Å². The van der Waals surface area contributed by atoms with Crippen LogP contribution in [0.2, 0.25) is 0 Å². The third kappa shape index (κ3) is 2.45. The Bertz CT molecular complexity index is 418. The Kier molecular flexibility index (Phi) is 3.78. The number of carboxylic acids is 1. The maximum absolute atomic E-state index is 10.9. The average molecular weight is 226 g/mol. The van der Waals surface area contributed by atoms with Crippen molar-refractivity contribution < 1.29 is 19.6 Å². The molecule has 0 aliphatic carbocycles. The molecule has 0 saturated carbocycles. The first kappa shape index (κ1) is 11.9. The quantitative estimate of drug-likeness (QED) is 0.561. The van der Waals surface area contributed by atoms with Gasteiger partial charge in [0.1, 0.15) is 12.4 Å². The Labute approximate surface area is 90.6 Å². The minimum absolute atomic E-state index is 0.0489. The van der Waals surface area contributed by atoms with Gasteiger partial charge < -0.3 is 15.6 Å². The van der Waals surface area contributed by atoms with Crippen molar-refractivity contribution >= 4 is 11.7 Å². The van der Waals surface area contributed by atoms with Gasteiger partial charge in [-0.1, -0.05) is 6.07 Å². The predicted octanol–water partition coefficient (Wildman–Crippen LogP) is 0.630. The van der Waals surface area contributed by atoms with E-state index in [2.05, 4.69) is 0 Å². The molecule has 7 heteroatoms. The van der Waals surface area contributed by atoms with E-state index in [1.54, 1.807) is 0 Å². The van der Waals surface area contributed by atoms with Crippen LogP contribution >= 0.6 is 0 Å². The van der Waals surface area contributed by atoms with E-state index in [0.29, 0.717) is 0 Å². The van der Waals surface area contributed by atoms with Gasteiger partial charge in [0.15, 0.2) is 5.56 Å². The maximum atomic E-state index is 10.9. The smallest absolute Gasteiger partial charge is 0.346 e. The number of ether oxygens (including phenoxy) is 1. The van der Waals surface area contributed by atoms with Crippen LogP contribution in [0.3, 0.4) is 0 Å². The fraction of sp³-hybridized carbons (Fsp3) is 0.222. The van der Waals surface area contributed by atoms with Gasteiger partial charge in [-0.3, -0.25) is 10.1 Å². The lowest BCUT2D eigenvalue weighted by atomic mass is 10.1. The van der Waals surface area contributed by atoms with Crippen molar-refractivity contribution in [3.8, 4) is 5.75 Å². The Hall–Kier alpha value is -2.15. The van der Waals surface area contributed by atoms with Crippen molar-refractivity contribution in [2.24, 2.45) is 5.73 Å². The van der Waals surface area contributed by atoms with Gasteiger partial charge in [-0.2, -0.15) is 0 Å². The summed E-state index contributed by atoms with van der Waals surface area (Å²) < 4.78 is 5.03. The molecule has 0 amide bonds. The number of nitrogens with two attached hydrogens (primary N) is 1. The number of aromatic carboxylic acids is 1. The van der Waals surface area contributed by atoms with Gasteiger partial charge in [0.25, 0.3) is 5.69 Å². The Morgan fingerprint density at radius 2 is 2.25 bits per heavy atom. The lowest BCUT2D eigenvalue weighted by Gasteiger charge is -2.07. The van der Waals surface area contributed by atoms with E-state index in [-0.39, 0.29) is 18.9 Å². The molecule has 0 unspecified atom stereocenters. The zero-order valence-electron chi connectivity index (χ0n) is 8.25. The van der Waals surface area contributed by atoms with E-state index in [0.717, 1.165) is 6.07 Å². The number of rotatable bonds is 5. The van der Waals surface area contributed by atoms with Crippen LogP contribution in [0.1, 0.15) is 10.4 Å². The normalized spacial score (nSPS) is 9.81. The molecule has 3 N–H and O–H groups in total. The Balaban J connectivity index is 3.21. The zero-order valence-corrected chi connectivity index (χ0v) is 8.25. The molecule has 0 spiro atoms. The highest BCUT2D eigenvalue weighted by Gasteiger charge is 2.24. The molecule has 0 fully saturated rings. The second-order valence-electron chi connectivity index (χ2n) is 2.85. The van der Waals surface area contributed by atoms with Gasteiger partial charge in [-0.25, -0.2) is 4.79 Å². The number of benzene rings is 1. The summed E-state index contributed by atoms with van der Waals surface area (Å²) >= 11 is 0. The van der Waals surface area contributed by atoms with Crippen molar-refractivity contribution in [1.82, 2.24) is 0 Å². The summed E-state index contributed by atoms with van der Waals surface area (Å²) in [6.45, 7) is 0.295. The molecule has 0 atom stereocenters. The monoisotopic (exact) mass is 226 g/mol. The van der Waals surface area contributed by atoms with Gasteiger partial charge in [-0.05, 0) is 6.07 Å². The summed E-state index contributed by atoms with van der Waals surface area (Å²) in [5.41, 5.74) is 4.24. The number of nitro benzene ring substituents is 1. The minimum atomic E-state index is -1.40. The third-order valence-electron chi connectivity index (χ3n) is 1.79. The Morgan fingerprint density at radius 1 is 1.56 bits per heavy atom. The Morgan fingerprint density at radius 3 is 2.75 bits per heavy atom. The van der Waals surface area contributed by atoms with Gasteiger partial charge in [0.05, 0.1) is 4.92 Å². The van der Waals surface area contributed by atoms with Gasteiger partial charge in [0, 0.05) is 12.6 Å². The highest BCUT2D eigenvalue weighted by Crippen LogP contribution is 2.28. The molecule has 7 nitrogen and oxygen atoms in total. The number of carbonyl (C=O) groups is 1. The minimum Gasteiger partial charge on any atom is -0.491 e. The second-order valence-corrected chi connectivity index (χ2v) is 2.85. The van der Waals surface area contributed by atoms with Crippen molar-refractivity contribution in [2.45, 2.75) is 0 Å². The second kappa shape index (κ2) is 5.08. The number of hydrogen-bond donors (Lipinski definition) is 2. The van der Waals surface area contributed by atoms with Gasteiger partial charge in [0.2, 0.25) is 0 Å². The van der Waals surface area contributed by atoms with Crippen LogP contribution in [-0.4, -0.2) is 29.2 Å². The van der Waals surface area contributed by atoms with Crippen molar-refractivity contribution in [3.05, 3.63) is 33.9 Å². The summed E-state index contributed by atoms with van der Waals surface area (Å²) in [4.78, 5) is 20.7. The van der Waals surface area contributed by atoms with E-state index in [1.807, 2.05) is 0 Å². The molecule has 0 aliphatic rings. The molecular formula is C9H10N2O5. The molecule has 86 valence electrons. The lowest BCUT2D eigenvalue weighted by Crippen LogP contribution is -2.13. The van der Waals surface area contributed by atoms with Gasteiger partial charge in [-0.15, -0.1) is 0 Å². The summed E-state index contributed by atoms with van der Waals surface area (Å²) in [5.74, 6) is -1.45. The fourth-order valence-corrected chi connectivity index (χ4v) is 1.18. The third-order valence-corrected chi connectivity index (χ3v) is 1.79. The molecule has 1 aromatic rings. The fourth-order valence-electron chi connectivity index (χ4n) is 1.18. The molecule has 0 bridgehead atoms. The van der Waals surface area contributed by atoms with Gasteiger partial charge >= 0.3 is 5.97 Å². The van der Waals surface area contributed by atoms with Crippen LogP contribution in [0.5, 0.6) is 5.75 Å². The molecule has 1 rings (SSSR count). The van der Waals surface area contributed by atoms with Crippen molar-refractivity contribution in [1.29, 1.82) is 0 Å². The maximum Gasteiger partial charge on any atom is 0.346 e. The van der Waals surface area contributed by atoms with Crippen LogP contribution in [0.4, 0.5) is 5.69 Å². The average Bonchev–Trinajstić information content (AvgIpc) is 2.25. The van der Waals surface area contributed by atoms with E-state index in [1.165, 1.54) is 12.1 Å². The molecule has 0 aromatic heterocycles. The molecule has 0 saturated heterocycles. The SMILES string of the molecule is NCCOc1cccc([N+](=O)[O-])c1C(=O)O. The van der Waals surface area contributed by atoms with E-state index in [9.17, 15) is 14.9 Å². The highest BCUT2D eigenvalue weighted by molar-refractivity contribution is 5.95. The van der Waals surface area contributed by atoms with Crippen LogP contribution in [0.15, 0.2) is 18.2 Å². The summed E-state index contributed by atoms with van der Waals surface area (Å²) in [6.07, 6.45) is 0. The number of carboxylic acid groups (broad SMARTS) is 1. The molecule has 0 aliphatic heterocycles. The predicted molar refractivity (Wildman–Crippen MR) is 54.6 cm³/mol. The molecule has 0 heterocycles. The highest BCUT2D eigenvalue weighted by atomic mass is 16.6. The summed E-state index contributed by atoms with van der Waals surface area (Å²) in [5, 5.41) is 19.5. The number of nitro groups is 1. The van der Waals surface area contributed by atoms with Crippen LogP contribution in [-0.2, 0) is 0 Å². The number of nitrogens with zero attached hydrogens (tertiary/aromatic N) is 1. The molecule has 0 radical (unpaired) electrons. The molecule has 16 heavy (non-hydrogen) atoms. The first-order valence-electron chi connectivity index (χ1n) is 4.41. The van der Waals surface area contributed by atoms with Crippen LogP contribution in [0.25, 0.3) is 0 Å². The van der Waals surface area contributed by atoms with E-state index in [4.69, 9.17) is 15.6 Å². The van der Waals surface area contributed by atoms with Crippen LogP contribution in [0, 0.1) is 10.1 Å². The topological polar surface area (TPSA) is 116 Å². The molecular weight excluding hydrogens is 216 g/mol. The lowest BCUT2D eigenvalue weighted by molar-refractivity contribution is -0.385. The summed E-state index contributed by atoms with van der Waals surface area (Å²) in [7, 11) is 0. The zero-order chi connectivity index (χ0) is 12.1. The first-order chi connectivity index (χ1) is 7.57. The van der Waals surface area contributed by atoms with E-state index >= 15 is 0 Å². The van der Waals surface area contributed by atoms with Crippen LogP contribution < -0.4 is 10.5 Å². The first-order valence-corrected chi connectivity index (χ1v) is 4.41.